The third-order valence-electron chi connectivity index (χ3n) is 6.68. The molecule has 1 amide bonds. The number of anilines is 1. The lowest BCUT2D eigenvalue weighted by Gasteiger charge is -2.35. The number of aromatic nitrogens is 3. The minimum atomic E-state index is 0.260. The second kappa shape index (κ2) is 8.14. The van der Waals surface area contributed by atoms with Crippen LogP contribution in [0.15, 0.2) is 47.0 Å². The first-order valence-corrected chi connectivity index (χ1v) is 11.9. The first-order valence-electron chi connectivity index (χ1n) is 11.9. The zero-order valence-corrected chi connectivity index (χ0v) is 18.8. The molecule has 0 unspecified atom stereocenters. The first-order chi connectivity index (χ1) is 16.2. The summed E-state index contributed by atoms with van der Waals surface area (Å²) in [7, 11) is 0. The van der Waals surface area contributed by atoms with E-state index in [9.17, 15) is 4.79 Å². The molecule has 1 saturated heterocycles. The van der Waals surface area contributed by atoms with Gasteiger partial charge in [-0.1, -0.05) is 48.5 Å². The van der Waals surface area contributed by atoms with Crippen molar-refractivity contribution in [2.45, 2.75) is 32.6 Å². The Bertz CT molecular complexity index is 1340. The standard InChI is InChI=1S/C26H27N5O2/c1-2-5-21-27-24(30-12-14-31(15-13-30)26(32)18-9-10-18)22-23(29-33-25(22)28-21)20-11-8-17-6-3-4-7-19(17)16-20/h3-4,6-8,11,16,18H,2,5,9-10,12-15H2,1H3. The van der Waals surface area contributed by atoms with Gasteiger partial charge in [0.05, 0.1) is 0 Å². The summed E-state index contributed by atoms with van der Waals surface area (Å²) in [6, 6.07) is 14.6. The van der Waals surface area contributed by atoms with E-state index >= 15 is 0 Å². The summed E-state index contributed by atoms with van der Waals surface area (Å²) < 4.78 is 5.74. The average Bonchev–Trinajstić information content (AvgIpc) is 3.62. The Balaban J connectivity index is 1.40. The van der Waals surface area contributed by atoms with E-state index in [1.165, 1.54) is 5.39 Å². The molecule has 0 bridgehead atoms. The highest BCUT2D eigenvalue weighted by Gasteiger charge is 2.35. The molecule has 7 heteroatoms. The number of nitrogens with zero attached hydrogens (tertiary/aromatic N) is 5. The Morgan fingerprint density at radius 1 is 1.03 bits per heavy atom. The quantitative estimate of drug-likeness (QED) is 0.456. The van der Waals surface area contributed by atoms with Gasteiger partial charge in [-0.25, -0.2) is 4.98 Å². The van der Waals surface area contributed by atoms with Crippen LogP contribution in [0.5, 0.6) is 0 Å². The van der Waals surface area contributed by atoms with Crippen LogP contribution in [0.2, 0.25) is 0 Å². The molecule has 2 aromatic carbocycles. The Kier molecular flexibility index (Phi) is 4.97. The van der Waals surface area contributed by atoms with Crippen LogP contribution < -0.4 is 4.90 Å². The molecule has 6 rings (SSSR count). The summed E-state index contributed by atoms with van der Waals surface area (Å²) in [4.78, 5) is 26.4. The van der Waals surface area contributed by atoms with Gasteiger partial charge in [-0.3, -0.25) is 4.79 Å². The summed E-state index contributed by atoms with van der Waals surface area (Å²) in [5, 5.41) is 7.63. The molecule has 0 radical (unpaired) electrons. The maximum absolute atomic E-state index is 12.5. The van der Waals surface area contributed by atoms with Crippen LogP contribution in [-0.2, 0) is 11.2 Å². The smallest absolute Gasteiger partial charge is 0.263 e. The van der Waals surface area contributed by atoms with Crippen molar-refractivity contribution in [1.29, 1.82) is 0 Å². The van der Waals surface area contributed by atoms with Gasteiger partial charge in [0.2, 0.25) is 5.91 Å². The van der Waals surface area contributed by atoms with E-state index in [4.69, 9.17) is 9.51 Å². The van der Waals surface area contributed by atoms with Gasteiger partial charge in [0.1, 0.15) is 22.7 Å². The van der Waals surface area contributed by atoms with Crippen LogP contribution in [0.4, 0.5) is 5.82 Å². The number of aryl methyl sites for hydroxylation is 1. The molecule has 0 atom stereocenters. The van der Waals surface area contributed by atoms with Crippen LogP contribution in [0.25, 0.3) is 33.1 Å². The van der Waals surface area contributed by atoms with E-state index in [0.29, 0.717) is 11.6 Å². The summed E-state index contributed by atoms with van der Waals surface area (Å²) >= 11 is 0. The van der Waals surface area contributed by atoms with E-state index < -0.39 is 0 Å². The monoisotopic (exact) mass is 441 g/mol. The minimum Gasteiger partial charge on any atom is -0.352 e. The number of benzene rings is 2. The van der Waals surface area contributed by atoms with Crippen molar-refractivity contribution >= 4 is 33.6 Å². The SMILES string of the molecule is CCCc1nc(N2CCN(C(=O)C3CC3)CC2)c2c(-c3ccc4ccccc4c3)noc2n1. The largest absolute Gasteiger partial charge is 0.352 e. The number of hydrogen-bond donors (Lipinski definition) is 0. The fourth-order valence-corrected chi connectivity index (χ4v) is 4.70. The summed E-state index contributed by atoms with van der Waals surface area (Å²) in [5.74, 6) is 2.22. The van der Waals surface area contributed by atoms with Crippen molar-refractivity contribution in [2.75, 3.05) is 31.1 Å². The zero-order chi connectivity index (χ0) is 22.4. The van der Waals surface area contributed by atoms with Gasteiger partial charge in [0, 0.05) is 44.1 Å². The molecule has 7 nitrogen and oxygen atoms in total. The summed E-state index contributed by atoms with van der Waals surface area (Å²) in [5.41, 5.74) is 2.29. The number of piperazine rings is 1. The fraction of sp³-hybridized carbons (Fsp3) is 0.385. The molecule has 1 aliphatic heterocycles. The molecule has 1 saturated carbocycles. The molecule has 2 aliphatic rings. The van der Waals surface area contributed by atoms with E-state index in [2.05, 4.69) is 52.3 Å². The van der Waals surface area contributed by atoms with Gasteiger partial charge >= 0.3 is 0 Å². The number of hydrogen-bond acceptors (Lipinski definition) is 6. The normalized spacial score (nSPS) is 16.6. The van der Waals surface area contributed by atoms with Crippen molar-refractivity contribution in [3.8, 4) is 11.3 Å². The van der Waals surface area contributed by atoms with E-state index in [1.54, 1.807) is 0 Å². The highest BCUT2D eigenvalue weighted by atomic mass is 16.5. The van der Waals surface area contributed by atoms with Gasteiger partial charge in [-0.2, -0.15) is 4.98 Å². The highest BCUT2D eigenvalue weighted by Crippen LogP contribution is 2.36. The van der Waals surface area contributed by atoms with Crippen LogP contribution in [0.1, 0.15) is 32.0 Å². The Hall–Kier alpha value is -3.48. The molecule has 168 valence electrons. The first kappa shape index (κ1) is 20.1. The second-order valence-electron chi connectivity index (χ2n) is 9.07. The van der Waals surface area contributed by atoms with Crippen LogP contribution in [0.3, 0.4) is 0 Å². The third-order valence-corrected chi connectivity index (χ3v) is 6.68. The number of carbonyl (C=O) groups excluding carboxylic acids is 1. The number of carbonyl (C=O) groups is 1. The molecule has 1 aliphatic carbocycles. The third kappa shape index (κ3) is 3.71. The Morgan fingerprint density at radius 2 is 1.82 bits per heavy atom. The Labute approximate surface area is 192 Å². The van der Waals surface area contributed by atoms with Crippen LogP contribution in [-0.4, -0.2) is 52.1 Å². The lowest BCUT2D eigenvalue weighted by Crippen LogP contribution is -2.49. The molecule has 0 spiro atoms. The molecular formula is C26H27N5O2. The lowest BCUT2D eigenvalue weighted by molar-refractivity contribution is -0.132. The minimum absolute atomic E-state index is 0.260. The highest BCUT2D eigenvalue weighted by molar-refractivity contribution is 6.00. The second-order valence-corrected chi connectivity index (χ2v) is 9.07. The molecule has 4 aromatic rings. The van der Waals surface area contributed by atoms with E-state index in [1.807, 2.05) is 17.0 Å². The molecule has 0 N–H and O–H groups in total. The lowest BCUT2D eigenvalue weighted by atomic mass is 10.0. The number of amides is 1. The van der Waals surface area contributed by atoms with E-state index in [0.717, 1.165) is 85.5 Å². The van der Waals surface area contributed by atoms with Gasteiger partial charge in [0.15, 0.2) is 0 Å². The molecular weight excluding hydrogens is 414 g/mol. The van der Waals surface area contributed by atoms with Crippen molar-refractivity contribution in [3.63, 3.8) is 0 Å². The molecule has 33 heavy (non-hydrogen) atoms. The van der Waals surface area contributed by atoms with Crippen molar-refractivity contribution in [3.05, 3.63) is 48.3 Å². The summed E-state index contributed by atoms with van der Waals surface area (Å²) in [6.07, 6.45) is 3.83. The van der Waals surface area contributed by atoms with Crippen molar-refractivity contribution < 1.29 is 9.32 Å². The van der Waals surface area contributed by atoms with Gasteiger partial charge < -0.3 is 14.3 Å². The number of fused-ring (bicyclic) bond motifs is 2. The zero-order valence-electron chi connectivity index (χ0n) is 18.8. The molecule has 3 heterocycles. The van der Waals surface area contributed by atoms with Gasteiger partial charge in [-0.15, -0.1) is 0 Å². The van der Waals surface area contributed by atoms with Crippen LogP contribution >= 0.6 is 0 Å². The van der Waals surface area contributed by atoms with E-state index in [-0.39, 0.29) is 5.92 Å². The number of rotatable bonds is 5. The Morgan fingerprint density at radius 3 is 2.58 bits per heavy atom. The van der Waals surface area contributed by atoms with Gasteiger partial charge in [-0.05, 0) is 36.1 Å². The summed E-state index contributed by atoms with van der Waals surface area (Å²) in [6.45, 7) is 5.06. The predicted molar refractivity (Wildman–Crippen MR) is 128 cm³/mol. The fourth-order valence-electron chi connectivity index (χ4n) is 4.70. The maximum Gasteiger partial charge on any atom is 0.263 e. The van der Waals surface area contributed by atoms with Gasteiger partial charge in [0.25, 0.3) is 5.71 Å². The van der Waals surface area contributed by atoms with Crippen LogP contribution in [0, 0.1) is 5.92 Å². The molecule has 2 fully saturated rings. The van der Waals surface area contributed by atoms with Crippen molar-refractivity contribution in [1.82, 2.24) is 20.0 Å². The maximum atomic E-state index is 12.5. The van der Waals surface area contributed by atoms with Crippen molar-refractivity contribution in [2.24, 2.45) is 5.92 Å². The average molecular weight is 442 g/mol. The molecule has 2 aromatic heterocycles. The topological polar surface area (TPSA) is 75.4 Å². The predicted octanol–water partition coefficient (Wildman–Crippen LogP) is 4.45.